The summed E-state index contributed by atoms with van der Waals surface area (Å²) in [5, 5.41) is 0. The smallest absolute Gasteiger partial charge is 0.261 e. The van der Waals surface area contributed by atoms with E-state index in [-0.39, 0.29) is 11.9 Å². The average molecular weight is 325 g/mol. The molecule has 0 bridgehead atoms. The number of hydrogen-bond donors (Lipinski definition) is 0. The molecule has 0 aliphatic carbocycles. The first-order valence-electron chi connectivity index (χ1n) is 8.25. The normalized spacial score (nSPS) is 17.0. The second-order valence-corrected chi connectivity index (χ2v) is 6.05. The molecule has 1 saturated heterocycles. The first-order valence-corrected chi connectivity index (χ1v) is 8.25. The fraction of sp³-hybridized carbons (Fsp3) is 0.350. The quantitative estimate of drug-likeness (QED) is 0.853. The second kappa shape index (κ2) is 6.95. The number of hydrogen-bond acceptors (Lipinski definition) is 3. The number of methoxy groups -OCH3 is 2. The summed E-state index contributed by atoms with van der Waals surface area (Å²) in [6, 6.07) is 13.8. The molecule has 1 aliphatic rings. The molecular weight excluding hydrogens is 302 g/mol. The largest absolute Gasteiger partial charge is 0.496 e. The molecule has 1 amide bonds. The minimum Gasteiger partial charge on any atom is -0.496 e. The molecule has 3 rings (SSSR count). The van der Waals surface area contributed by atoms with Gasteiger partial charge in [-0.2, -0.15) is 0 Å². The van der Waals surface area contributed by atoms with Gasteiger partial charge in [0.15, 0.2) is 0 Å². The van der Waals surface area contributed by atoms with Crippen LogP contribution in [0.25, 0.3) is 0 Å². The number of carbonyl (C=O) groups excluding carboxylic acids is 1. The molecule has 0 spiro atoms. The van der Waals surface area contributed by atoms with Crippen molar-refractivity contribution in [3.63, 3.8) is 0 Å². The second-order valence-electron chi connectivity index (χ2n) is 6.05. The van der Waals surface area contributed by atoms with Crippen molar-refractivity contribution in [1.29, 1.82) is 0 Å². The van der Waals surface area contributed by atoms with E-state index in [0.717, 1.165) is 19.4 Å². The van der Waals surface area contributed by atoms with Crippen molar-refractivity contribution in [2.45, 2.75) is 25.8 Å². The highest BCUT2D eigenvalue weighted by molar-refractivity contribution is 6.00. The summed E-state index contributed by atoms with van der Waals surface area (Å²) in [4.78, 5) is 15.2. The summed E-state index contributed by atoms with van der Waals surface area (Å²) in [7, 11) is 3.16. The van der Waals surface area contributed by atoms with Gasteiger partial charge in [-0.05, 0) is 43.0 Å². The molecule has 0 N–H and O–H groups in total. The fourth-order valence-electron chi connectivity index (χ4n) is 3.50. The molecule has 2 aromatic rings. The summed E-state index contributed by atoms with van der Waals surface area (Å²) in [5.74, 6) is 1.07. The SMILES string of the molecule is COc1cccc(OC)c1C(=O)N1CCCC1c1ccccc1C. The Morgan fingerprint density at radius 3 is 2.33 bits per heavy atom. The maximum Gasteiger partial charge on any atom is 0.261 e. The number of carbonyl (C=O) groups is 1. The van der Waals surface area contributed by atoms with Gasteiger partial charge in [-0.1, -0.05) is 30.3 Å². The fourth-order valence-corrected chi connectivity index (χ4v) is 3.50. The van der Waals surface area contributed by atoms with Gasteiger partial charge in [0.05, 0.1) is 20.3 Å². The third kappa shape index (κ3) is 2.84. The number of amides is 1. The van der Waals surface area contributed by atoms with Gasteiger partial charge >= 0.3 is 0 Å². The van der Waals surface area contributed by atoms with Crippen molar-refractivity contribution in [3.05, 3.63) is 59.2 Å². The summed E-state index contributed by atoms with van der Waals surface area (Å²) in [6.07, 6.45) is 1.98. The Morgan fingerprint density at radius 2 is 1.71 bits per heavy atom. The molecule has 0 aromatic heterocycles. The van der Waals surface area contributed by atoms with Crippen molar-refractivity contribution in [2.75, 3.05) is 20.8 Å². The molecule has 1 unspecified atom stereocenters. The maximum atomic E-state index is 13.3. The third-order valence-electron chi connectivity index (χ3n) is 4.70. The molecule has 1 aliphatic heterocycles. The van der Waals surface area contributed by atoms with Gasteiger partial charge < -0.3 is 14.4 Å². The van der Waals surface area contributed by atoms with E-state index in [1.165, 1.54) is 11.1 Å². The Hall–Kier alpha value is -2.49. The van der Waals surface area contributed by atoms with Gasteiger partial charge in [0, 0.05) is 6.54 Å². The topological polar surface area (TPSA) is 38.8 Å². The van der Waals surface area contributed by atoms with Crippen LogP contribution in [0.5, 0.6) is 11.5 Å². The van der Waals surface area contributed by atoms with E-state index < -0.39 is 0 Å². The first-order chi connectivity index (χ1) is 11.7. The zero-order valence-electron chi connectivity index (χ0n) is 14.4. The molecule has 0 radical (unpaired) electrons. The van der Waals surface area contributed by atoms with E-state index in [2.05, 4.69) is 19.1 Å². The van der Waals surface area contributed by atoms with Gasteiger partial charge in [0.2, 0.25) is 0 Å². The molecule has 1 heterocycles. The number of aryl methyl sites for hydroxylation is 1. The minimum absolute atomic E-state index is 0.0324. The summed E-state index contributed by atoms with van der Waals surface area (Å²) in [6.45, 7) is 2.85. The molecule has 24 heavy (non-hydrogen) atoms. The van der Waals surface area contributed by atoms with Crippen LogP contribution in [0.2, 0.25) is 0 Å². The Kier molecular flexibility index (Phi) is 4.74. The van der Waals surface area contributed by atoms with Crippen LogP contribution < -0.4 is 9.47 Å². The molecule has 4 heteroatoms. The first kappa shape index (κ1) is 16.4. The Balaban J connectivity index is 2.00. The molecule has 2 aromatic carbocycles. The van der Waals surface area contributed by atoms with Crippen LogP contribution in [0.1, 0.15) is 40.4 Å². The molecule has 126 valence electrons. The molecule has 1 fully saturated rings. The van der Waals surface area contributed by atoms with Gasteiger partial charge in [0.25, 0.3) is 5.91 Å². The zero-order valence-corrected chi connectivity index (χ0v) is 14.4. The Bertz CT molecular complexity index is 719. The number of benzene rings is 2. The minimum atomic E-state index is -0.0324. The molecule has 0 saturated carbocycles. The van der Waals surface area contributed by atoms with E-state index in [1.807, 2.05) is 23.1 Å². The Morgan fingerprint density at radius 1 is 1.04 bits per heavy atom. The maximum absolute atomic E-state index is 13.3. The van der Waals surface area contributed by atoms with E-state index in [0.29, 0.717) is 17.1 Å². The molecule has 4 nitrogen and oxygen atoms in total. The van der Waals surface area contributed by atoms with Crippen LogP contribution in [-0.2, 0) is 0 Å². The highest BCUT2D eigenvalue weighted by Gasteiger charge is 2.34. The summed E-state index contributed by atoms with van der Waals surface area (Å²) in [5.41, 5.74) is 2.94. The lowest BCUT2D eigenvalue weighted by Crippen LogP contribution is -2.31. The number of nitrogens with zero attached hydrogens (tertiary/aromatic N) is 1. The predicted molar refractivity (Wildman–Crippen MR) is 93.7 cm³/mol. The number of ether oxygens (including phenoxy) is 2. The van der Waals surface area contributed by atoms with Crippen LogP contribution >= 0.6 is 0 Å². The Labute approximate surface area is 143 Å². The van der Waals surface area contributed by atoms with Crippen LogP contribution in [0.4, 0.5) is 0 Å². The van der Waals surface area contributed by atoms with Crippen LogP contribution in [0, 0.1) is 6.92 Å². The standard InChI is InChI=1S/C20H23NO3/c1-14-8-4-5-9-15(14)16-10-7-13-21(16)20(22)19-17(23-2)11-6-12-18(19)24-3/h4-6,8-9,11-12,16H,7,10,13H2,1-3H3. The van der Waals surface area contributed by atoms with E-state index in [4.69, 9.17) is 9.47 Å². The molecular formula is C20H23NO3. The average Bonchev–Trinajstić information content (AvgIpc) is 3.10. The van der Waals surface area contributed by atoms with Crippen molar-refractivity contribution in [1.82, 2.24) is 4.90 Å². The van der Waals surface area contributed by atoms with Crippen LogP contribution in [-0.4, -0.2) is 31.6 Å². The zero-order chi connectivity index (χ0) is 17.1. The summed E-state index contributed by atoms with van der Waals surface area (Å²) < 4.78 is 10.8. The van der Waals surface area contributed by atoms with E-state index in [1.54, 1.807) is 26.4 Å². The summed E-state index contributed by atoms with van der Waals surface area (Å²) >= 11 is 0. The van der Waals surface area contributed by atoms with Crippen LogP contribution in [0.15, 0.2) is 42.5 Å². The number of likely N-dealkylation sites (tertiary alicyclic amines) is 1. The highest BCUT2D eigenvalue weighted by atomic mass is 16.5. The van der Waals surface area contributed by atoms with E-state index in [9.17, 15) is 4.79 Å². The van der Waals surface area contributed by atoms with Crippen LogP contribution in [0.3, 0.4) is 0 Å². The van der Waals surface area contributed by atoms with Gasteiger partial charge in [0.1, 0.15) is 17.1 Å². The van der Waals surface area contributed by atoms with Gasteiger partial charge in [-0.15, -0.1) is 0 Å². The monoisotopic (exact) mass is 325 g/mol. The van der Waals surface area contributed by atoms with Gasteiger partial charge in [-0.3, -0.25) is 4.79 Å². The lowest BCUT2D eigenvalue weighted by Gasteiger charge is -2.27. The van der Waals surface area contributed by atoms with Crippen molar-refractivity contribution in [2.24, 2.45) is 0 Å². The van der Waals surface area contributed by atoms with Gasteiger partial charge in [-0.25, -0.2) is 0 Å². The lowest BCUT2D eigenvalue weighted by atomic mass is 9.99. The van der Waals surface area contributed by atoms with E-state index >= 15 is 0 Å². The lowest BCUT2D eigenvalue weighted by molar-refractivity contribution is 0.0728. The van der Waals surface area contributed by atoms with Crippen molar-refractivity contribution in [3.8, 4) is 11.5 Å². The van der Waals surface area contributed by atoms with Crippen molar-refractivity contribution < 1.29 is 14.3 Å². The highest BCUT2D eigenvalue weighted by Crippen LogP contribution is 2.38. The number of rotatable bonds is 4. The third-order valence-corrected chi connectivity index (χ3v) is 4.70. The predicted octanol–water partition coefficient (Wildman–Crippen LogP) is 3.99. The van der Waals surface area contributed by atoms with Crippen molar-refractivity contribution >= 4 is 5.91 Å². The molecule has 1 atom stereocenters.